The summed E-state index contributed by atoms with van der Waals surface area (Å²) in [5.74, 6) is -1.69. The zero-order valence-electron chi connectivity index (χ0n) is 13.0. The van der Waals surface area contributed by atoms with Crippen LogP contribution in [0.25, 0.3) is 16.9 Å². The van der Waals surface area contributed by atoms with Crippen LogP contribution in [0.15, 0.2) is 48.5 Å². The molecule has 0 aliphatic heterocycles. The van der Waals surface area contributed by atoms with E-state index < -0.39 is 16.7 Å². The minimum atomic E-state index is -1.25. The second-order valence-electron chi connectivity index (χ2n) is 5.28. The second-order valence-corrected chi connectivity index (χ2v) is 5.28. The Morgan fingerprint density at radius 3 is 2.44 bits per heavy atom. The maximum Gasteiger partial charge on any atom is 0.339 e. The number of carboxylic acid groups (broad SMARTS) is 1. The van der Waals surface area contributed by atoms with Crippen LogP contribution in [0.5, 0.6) is 0 Å². The molecule has 3 aromatic rings. The van der Waals surface area contributed by atoms with Gasteiger partial charge in [0.2, 0.25) is 0 Å². The smallest absolute Gasteiger partial charge is 0.339 e. The third kappa shape index (κ3) is 2.85. The van der Waals surface area contributed by atoms with Crippen LogP contribution in [0, 0.1) is 22.9 Å². The molecule has 0 saturated carbocycles. The molecular formula is C17H12FN3O4. The lowest BCUT2D eigenvalue weighted by Gasteiger charge is -2.03. The number of carbonyl (C=O) groups is 1. The molecule has 0 amide bonds. The molecule has 1 aromatic heterocycles. The Bertz CT molecular complexity index is 980. The summed E-state index contributed by atoms with van der Waals surface area (Å²) >= 11 is 0. The van der Waals surface area contributed by atoms with Crippen molar-refractivity contribution in [3.63, 3.8) is 0 Å². The predicted octanol–water partition coefficient (Wildman–Crippen LogP) is 3.59. The van der Waals surface area contributed by atoms with Gasteiger partial charge in [-0.1, -0.05) is 12.1 Å². The maximum absolute atomic E-state index is 13.1. The fourth-order valence-electron chi connectivity index (χ4n) is 2.61. The Labute approximate surface area is 141 Å². The molecule has 2 aromatic carbocycles. The lowest BCUT2D eigenvalue weighted by atomic mass is 10.0. The zero-order chi connectivity index (χ0) is 18.1. The molecule has 3 rings (SSSR count). The van der Waals surface area contributed by atoms with E-state index >= 15 is 0 Å². The number of carboxylic acids is 1. The van der Waals surface area contributed by atoms with E-state index in [0.29, 0.717) is 5.69 Å². The van der Waals surface area contributed by atoms with E-state index in [4.69, 9.17) is 0 Å². The number of nitro groups is 1. The number of aromatic nitrogens is 2. The van der Waals surface area contributed by atoms with Gasteiger partial charge in [0.05, 0.1) is 21.9 Å². The molecule has 0 aliphatic carbocycles. The number of benzene rings is 2. The van der Waals surface area contributed by atoms with Crippen LogP contribution in [0.4, 0.5) is 10.1 Å². The SMILES string of the molecule is Cc1c(C(=O)O)c(-c2ccccc2[N+](=O)[O-])nn1-c1ccc(F)cc1. The molecule has 0 saturated heterocycles. The molecule has 0 aliphatic rings. The summed E-state index contributed by atoms with van der Waals surface area (Å²) in [6.45, 7) is 1.54. The normalized spacial score (nSPS) is 10.6. The van der Waals surface area contributed by atoms with Crippen LogP contribution < -0.4 is 0 Å². The zero-order valence-corrected chi connectivity index (χ0v) is 13.0. The fourth-order valence-corrected chi connectivity index (χ4v) is 2.61. The van der Waals surface area contributed by atoms with Crippen molar-refractivity contribution in [2.45, 2.75) is 6.92 Å². The largest absolute Gasteiger partial charge is 0.478 e. The van der Waals surface area contributed by atoms with E-state index in [1.165, 1.54) is 54.1 Å². The summed E-state index contributed by atoms with van der Waals surface area (Å²) in [6.07, 6.45) is 0. The van der Waals surface area contributed by atoms with Gasteiger partial charge in [0.25, 0.3) is 5.69 Å². The first-order valence-corrected chi connectivity index (χ1v) is 7.23. The molecule has 0 bridgehead atoms. The molecule has 0 spiro atoms. The van der Waals surface area contributed by atoms with Crippen LogP contribution in [0.1, 0.15) is 16.1 Å². The molecular weight excluding hydrogens is 329 g/mol. The van der Waals surface area contributed by atoms with Crippen molar-refractivity contribution < 1.29 is 19.2 Å². The van der Waals surface area contributed by atoms with E-state index in [9.17, 15) is 24.4 Å². The highest BCUT2D eigenvalue weighted by atomic mass is 19.1. The number of hydrogen-bond donors (Lipinski definition) is 1. The second kappa shape index (κ2) is 6.16. The van der Waals surface area contributed by atoms with Crippen molar-refractivity contribution in [3.8, 4) is 16.9 Å². The number of nitrogens with zero attached hydrogens (tertiary/aromatic N) is 3. The van der Waals surface area contributed by atoms with Crippen molar-refractivity contribution in [2.75, 3.05) is 0 Å². The Morgan fingerprint density at radius 1 is 1.20 bits per heavy atom. The Balaban J connectivity index is 2.28. The number of hydrogen-bond acceptors (Lipinski definition) is 4. The summed E-state index contributed by atoms with van der Waals surface area (Å²) < 4.78 is 14.5. The summed E-state index contributed by atoms with van der Waals surface area (Å²) in [7, 11) is 0. The molecule has 8 heteroatoms. The van der Waals surface area contributed by atoms with Crippen LogP contribution in [-0.2, 0) is 0 Å². The molecule has 7 nitrogen and oxygen atoms in total. The van der Waals surface area contributed by atoms with Crippen molar-refractivity contribution in [2.24, 2.45) is 0 Å². The van der Waals surface area contributed by atoms with Gasteiger partial charge < -0.3 is 5.11 Å². The first-order chi connectivity index (χ1) is 11.9. The standard InChI is InChI=1S/C17H12FN3O4/c1-10-15(17(22)23)16(13-4-2-3-5-14(13)21(24)25)19-20(10)12-8-6-11(18)7-9-12/h2-9H,1H3,(H,22,23). The average molecular weight is 341 g/mol. The minimum Gasteiger partial charge on any atom is -0.478 e. The van der Waals surface area contributed by atoms with Crippen LogP contribution >= 0.6 is 0 Å². The number of rotatable bonds is 4. The van der Waals surface area contributed by atoms with Gasteiger partial charge in [-0.25, -0.2) is 13.9 Å². The summed E-state index contributed by atoms with van der Waals surface area (Å²) in [6, 6.07) is 11.1. The molecule has 0 fully saturated rings. The number of para-hydroxylation sites is 1. The topological polar surface area (TPSA) is 98.3 Å². The van der Waals surface area contributed by atoms with Gasteiger partial charge in [-0.15, -0.1) is 0 Å². The number of nitro benzene ring substituents is 1. The van der Waals surface area contributed by atoms with Crippen molar-refractivity contribution in [1.82, 2.24) is 9.78 Å². The van der Waals surface area contributed by atoms with E-state index in [-0.39, 0.29) is 28.2 Å². The first-order valence-electron chi connectivity index (χ1n) is 7.23. The highest BCUT2D eigenvalue weighted by molar-refractivity contribution is 5.97. The number of aromatic carboxylic acids is 1. The van der Waals surface area contributed by atoms with Crippen LogP contribution in [0.3, 0.4) is 0 Å². The first kappa shape index (κ1) is 16.3. The van der Waals surface area contributed by atoms with Crippen molar-refractivity contribution in [3.05, 3.63) is 75.7 Å². The quantitative estimate of drug-likeness (QED) is 0.577. The fraction of sp³-hybridized carbons (Fsp3) is 0.0588. The Hall–Kier alpha value is -3.55. The highest BCUT2D eigenvalue weighted by Crippen LogP contribution is 2.33. The lowest BCUT2D eigenvalue weighted by Crippen LogP contribution is -2.02. The van der Waals surface area contributed by atoms with Gasteiger partial charge in [-0.3, -0.25) is 10.1 Å². The van der Waals surface area contributed by atoms with Gasteiger partial charge in [0.1, 0.15) is 17.1 Å². The molecule has 126 valence electrons. The van der Waals surface area contributed by atoms with Gasteiger partial charge in [-0.05, 0) is 37.3 Å². The van der Waals surface area contributed by atoms with Crippen molar-refractivity contribution >= 4 is 11.7 Å². The van der Waals surface area contributed by atoms with Gasteiger partial charge in [-0.2, -0.15) is 5.10 Å². The Morgan fingerprint density at radius 2 is 1.84 bits per heavy atom. The summed E-state index contributed by atoms with van der Waals surface area (Å²) in [5.41, 5.74) is 0.446. The third-order valence-electron chi connectivity index (χ3n) is 3.76. The van der Waals surface area contributed by atoms with E-state index in [1.807, 2.05) is 0 Å². The molecule has 0 radical (unpaired) electrons. The molecule has 0 atom stereocenters. The molecule has 0 unspecified atom stereocenters. The Kier molecular flexibility index (Phi) is 4.02. The predicted molar refractivity (Wildman–Crippen MR) is 87.3 cm³/mol. The summed E-state index contributed by atoms with van der Waals surface area (Å²) in [5, 5.41) is 25.1. The van der Waals surface area contributed by atoms with Crippen LogP contribution in [0.2, 0.25) is 0 Å². The van der Waals surface area contributed by atoms with Gasteiger partial charge >= 0.3 is 5.97 Å². The van der Waals surface area contributed by atoms with Crippen molar-refractivity contribution in [1.29, 1.82) is 0 Å². The van der Waals surface area contributed by atoms with E-state index in [2.05, 4.69) is 5.10 Å². The number of halogens is 1. The average Bonchev–Trinajstić information content (AvgIpc) is 2.93. The third-order valence-corrected chi connectivity index (χ3v) is 3.76. The molecule has 25 heavy (non-hydrogen) atoms. The van der Waals surface area contributed by atoms with E-state index in [0.717, 1.165) is 0 Å². The molecule has 1 N–H and O–H groups in total. The molecule has 1 heterocycles. The lowest BCUT2D eigenvalue weighted by molar-refractivity contribution is -0.384. The van der Waals surface area contributed by atoms with Gasteiger partial charge in [0, 0.05) is 6.07 Å². The highest BCUT2D eigenvalue weighted by Gasteiger charge is 2.27. The minimum absolute atomic E-state index is 0.0124. The van der Waals surface area contributed by atoms with E-state index in [1.54, 1.807) is 6.07 Å². The summed E-state index contributed by atoms with van der Waals surface area (Å²) in [4.78, 5) is 22.4. The monoisotopic (exact) mass is 341 g/mol. The van der Waals surface area contributed by atoms with Crippen LogP contribution in [-0.4, -0.2) is 25.8 Å². The maximum atomic E-state index is 13.1. The van der Waals surface area contributed by atoms with Gasteiger partial charge in [0.15, 0.2) is 0 Å².